The molecule has 0 bridgehead atoms. The van der Waals surface area contributed by atoms with Gasteiger partial charge in [0.1, 0.15) is 0 Å². The Morgan fingerprint density at radius 3 is 1.94 bits per heavy atom. The van der Waals surface area contributed by atoms with Crippen molar-refractivity contribution >= 4 is 24.8 Å². The summed E-state index contributed by atoms with van der Waals surface area (Å²) in [7, 11) is 1.35. The monoisotopic (exact) mass is 306 g/mol. The van der Waals surface area contributed by atoms with Gasteiger partial charge in [0.05, 0.1) is 12.7 Å². The SMILES string of the molecule is COC(=O)c1ccccc1S.O=C([O-])[O-].[K+].[K+]. The van der Waals surface area contributed by atoms with Crippen molar-refractivity contribution in [3.8, 4) is 0 Å². The van der Waals surface area contributed by atoms with Crippen molar-refractivity contribution in [3.05, 3.63) is 29.8 Å². The van der Waals surface area contributed by atoms with Gasteiger partial charge in [-0.25, -0.2) is 4.79 Å². The number of esters is 1. The first-order valence-corrected chi connectivity index (χ1v) is 4.18. The Bertz CT molecular complexity index is 355. The molecule has 1 aromatic rings. The fraction of sp³-hybridized carbons (Fsp3) is 0.111. The average molecular weight is 306 g/mol. The molecule has 0 aliphatic rings. The smallest absolute Gasteiger partial charge is 0.652 e. The third-order valence-electron chi connectivity index (χ3n) is 1.31. The summed E-state index contributed by atoms with van der Waals surface area (Å²) in [5.74, 6) is -0.351. The van der Waals surface area contributed by atoms with E-state index >= 15 is 0 Å². The van der Waals surface area contributed by atoms with E-state index in [1.807, 2.05) is 6.07 Å². The van der Waals surface area contributed by atoms with Crippen LogP contribution in [0.2, 0.25) is 0 Å². The van der Waals surface area contributed by atoms with Gasteiger partial charge in [0.25, 0.3) is 0 Å². The van der Waals surface area contributed by atoms with Gasteiger partial charge in [0.2, 0.25) is 0 Å². The van der Waals surface area contributed by atoms with Crippen molar-refractivity contribution in [1.29, 1.82) is 0 Å². The van der Waals surface area contributed by atoms with Crippen molar-refractivity contribution in [2.45, 2.75) is 4.90 Å². The van der Waals surface area contributed by atoms with Gasteiger partial charge in [-0.1, -0.05) is 12.1 Å². The number of carbonyl (C=O) groups excluding carboxylic acids is 2. The number of thiol groups is 1. The number of ether oxygens (including phenoxy) is 1. The fourth-order valence-corrected chi connectivity index (χ4v) is 1.01. The zero-order valence-corrected chi connectivity index (χ0v) is 16.9. The van der Waals surface area contributed by atoms with Crippen LogP contribution in [0.1, 0.15) is 10.4 Å². The number of methoxy groups -OCH3 is 1. The molecule has 0 atom stereocenters. The molecule has 0 aliphatic carbocycles. The number of hydrogen-bond acceptors (Lipinski definition) is 6. The van der Waals surface area contributed by atoms with Crippen LogP contribution in [0, 0.1) is 0 Å². The van der Waals surface area contributed by atoms with Crippen LogP contribution in [-0.2, 0) is 4.74 Å². The van der Waals surface area contributed by atoms with Crippen LogP contribution < -0.4 is 113 Å². The summed E-state index contributed by atoms with van der Waals surface area (Å²) < 4.78 is 4.53. The van der Waals surface area contributed by atoms with Crippen LogP contribution in [0.15, 0.2) is 29.2 Å². The maximum atomic E-state index is 11.0. The van der Waals surface area contributed by atoms with Gasteiger partial charge in [-0.2, -0.15) is 0 Å². The molecular formula is C9H8K2O5S. The molecular weight excluding hydrogens is 298 g/mol. The number of rotatable bonds is 1. The Labute approximate surface area is 190 Å². The quantitative estimate of drug-likeness (QED) is 0.316. The maximum Gasteiger partial charge on any atom is 1.00 e. The second-order valence-corrected chi connectivity index (χ2v) is 2.74. The van der Waals surface area contributed by atoms with Crippen LogP contribution in [0.5, 0.6) is 0 Å². The number of benzene rings is 1. The maximum absolute atomic E-state index is 11.0. The Kier molecular flexibility index (Phi) is 19.5. The van der Waals surface area contributed by atoms with Crippen LogP contribution in [0.25, 0.3) is 0 Å². The van der Waals surface area contributed by atoms with Crippen molar-refractivity contribution < 1.29 is 127 Å². The Balaban J connectivity index is -0.000000289. The van der Waals surface area contributed by atoms with Crippen molar-refractivity contribution in [2.24, 2.45) is 0 Å². The van der Waals surface area contributed by atoms with Crippen LogP contribution in [0.3, 0.4) is 0 Å². The van der Waals surface area contributed by atoms with E-state index in [-0.39, 0.29) is 109 Å². The van der Waals surface area contributed by atoms with E-state index < -0.39 is 6.16 Å². The van der Waals surface area contributed by atoms with Crippen LogP contribution in [0.4, 0.5) is 4.79 Å². The van der Waals surface area contributed by atoms with Gasteiger partial charge in [-0.3, -0.25) is 0 Å². The normalized spacial score (nSPS) is 7.41. The van der Waals surface area contributed by atoms with Gasteiger partial charge in [0, 0.05) is 4.90 Å². The molecule has 0 N–H and O–H groups in total. The fourth-order valence-electron chi connectivity index (χ4n) is 0.756. The Morgan fingerprint density at radius 2 is 1.59 bits per heavy atom. The summed E-state index contributed by atoms with van der Waals surface area (Å²) in [4.78, 5) is 19.9. The first-order chi connectivity index (χ1) is 6.99. The van der Waals surface area contributed by atoms with E-state index in [1.54, 1.807) is 18.2 Å². The summed E-state index contributed by atoms with van der Waals surface area (Å²) >= 11 is 4.09. The minimum absolute atomic E-state index is 0. The molecule has 0 spiro atoms. The molecule has 0 fully saturated rings. The molecule has 82 valence electrons. The molecule has 8 heteroatoms. The van der Waals surface area contributed by atoms with E-state index in [1.165, 1.54) is 7.11 Å². The second kappa shape index (κ2) is 14.0. The minimum Gasteiger partial charge on any atom is -0.652 e. The first kappa shape index (κ1) is 23.7. The molecule has 0 amide bonds. The molecule has 0 heterocycles. The van der Waals surface area contributed by atoms with E-state index in [2.05, 4.69) is 17.4 Å². The van der Waals surface area contributed by atoms with Crippen LogP contribution >= 0.6 is 12.6 Å². The van der Waals surface area contributed by atoms with Crippen molar-refractivity contribution in [2.75, 3.05) is 7.11 Å². The molecule has 0 aromatic heterocycles. The van der Waals surface area contributed by atoms with E-state index in [0.29, 0.717) is 10.5 Å². The number of carbonyl (C=O) groups is 2. The molecule has 0 saturated heterocycles. The van der Waals surface area contributed by atoms with Crippen LogP contribution in [-0.4, -0.2) is 19.2 Å². The van der Waals surface area contributed by atoms with E-state index in [9.17, 15) is 4.79 Å². The predicted molar refractivity (Wildman–Crippen MR) is 50.4 cm³/mol. The Hall–Kier alpha value is 1.58. The molecule has 0 radical (unpaired) electrons. The van der Waals surface area contributed by atoms with Gasteiger partial charge >= 0.3 is 109 Å². The average Bonchev–Trinajstić information content (AvgIpc) is 2.16. The topological polar surface area (TPSA) is 89.5 Å². The minimum atomic E-state index is -2.33. The third kappa shape index (κ3) is 12.4. The molecule has 17 heavy (non-hydrogen) atoms. The summed E-state index contributed by atoms with van der Waals surface area (Å²) in [6, 6.07) is 7.00. The standard InChI is InChI=1S/C8H8O2S.CH2O3.2K/c1-10-8(9)6-4-2-3-5-7(6)11;2-1(3)4;;/h2-5,11H,1H3;(H2,2,3,4);;/q;;2*+1/p-2. The van der Waals surface area contributed by atoms with Gasteiger partial charge in [-0.05, 0) is 18.3 Å². The van der Waals surface area contributed by atoms with Gasteiger partial charge in [0.15, 0.2) is 0 Å². The molecule has 1 aromatic carbocycles. The number of hydrogen-bond donors (Lipinski definition) is 1. The molecule has 5 nitrogen and oxygen atoms in total. The van der Waals surface area contributed by atoms with E-state index in [0.717, 1.165) is 0 Å². The number of carboxylic acid groups (broad SMARTS) is 2. The zero-order chi connectivity index (χ0) is 11.8. The third-order valence-corrected chi connectivity index (χ3v) is 1.70. The molecule has 1 rings (SSSR count). The van der Waals surface area contributed by atoms with Gasteiger partial charge in [-0.15, -0.1) is 12.6 Å². The summed E-state index contributed by atoms with van der Waals surface area (Å²) in [6.07, 6.45) is -2.33. The summed E-state index contributed by atoms with van der Waals surface area (Å²) in [5.41, 5.74) is 0.498. The first-order valence-electron chi connectivity index (χ1n) is 3.73. The van der Waals surface area contributed by atoms with Crippen molar-refractivity contribution in [1.82, 2.24) is 0 Å². The Morgan fingerprint density at radius 1 is 1.18 bits per heavy atom. The molecule has 0 saturated carbocycles. The molecule has 0 aliphatic heterocycles. The second-order valence-electron chi connectivity index (χ2n) is 2.26. The summed E-state index contributed by atoms with van der Waals surface area (Å²) in [5, 5.41) is 16.7. The predicted octanol–water partition coefficient (Wildman–Crippen LogP) is -6.68. The van der Waals surface area contributed by atoms with E-state index in [4.69, 9.17) is 15.0 Å². The zero-order valence-electron chi connectivity index (χ0n) is 9.80. The van der Waals surface area contributed by atoms with Gasteiger partial charge < -0.3 is 19.7 Å². The molecule has 0 unspecified atom stereocenters. The largest absolute Gasteiger partial charge is 1.00 e. The van der Waals surface area contributed by atoms with Crippen molar-refractivity contribution in [3.63, 3.8) is 0 Å². The summed E-state index contributed by atoms with van der Waals surface area (Å²) in [6.45, 7) is 0.